The van der Waals surface area contributed by atoms with Crippen molar-refractivity contribution in [3.63, 3.8) is 0 Å². The number of carbonyl (C=O) groups is 2. The van der Waals surface area contributed by atoms with E-state index >= 15 is 0 Å². The number of amides is 2. The van der Waals surface area contributed by atoms with Gasteiger partial charge in [-0.25, -0.2) is 9.59 Å². The van der Waals surface area contributed by atoms with E-state index in [1.807, 2.05) is 0 Å². The monoisotopic (exact) mass is 280 g/mol. The molecule has 0 aromatic rings. The second-order valence-corrected chi connectivity index (χ2v) is 6.38. The molecule has 1 fully saturated rings. The molecule has 0 radical (unpaired) electrons. The predicted molar refractivity (Wildman–Crippen MR) is 77.2 cm³/mol. The average Bonchev–Trinajstić information content (AvgIpc) is 2.37. The van der Waals surface area contributed by atoms with E-state index in [-0.39, 0.29) is 17.9 Å². The van der Waals surface area contributed by atoms with E-state index in [2.05, 4.69) is 32.0 Å². The lowest BCUT2D eigenvalue weighted by molar-refractivity contribution is -0.139. The number of hydrogen-bond acceptors (Lipinski definition) is 2. The van der Waals surface area contributed by atoms with Crippen molar-refractivity contribution in [2.24, 2.45) is 11.3 Å². The summed E-state index contributed by atoms with van der Waals surface area (Å²) < 4.78 is 0. The van der Waals surface area contributed by atoms with Crippen molar-refractivity contribution in [2.45, 2.75) is 46.1 Å². The maximum Gasteiger partial charge on any atom is 0.327 e. The number of carboxylic acids is 1. The number of rotatable bonds is 3. The SMILES string of the molecule is C#CCC(NC(=O)N1CCC(C(C)(C)C)CC1)C(=O)O. The molecule has 5 heteroatoms. The fourth-order valence-electron chi connectivity index (χ4n) is 2.51. The minimum Gasteiger partial charge on any atom is -0.480 e. The zero-order valence-electron chi connectivity index (χ0n) is 12.5. The van der Waals surface area contributed by atoms with Crippen molar-refractivity contribution < 1.29 is 14.7 Å². The van der Waals surface area contributed by atoms with E-state index in [1.54, 1.807) is 4.90 Å². The van der Waals surface area contributed by atoms with Crippen molar-refractivity contribution >= 4 is 12.0 Å². The van der Waals surface area contributed by atoms with E-state index in [1.165, 1.54) is 0 Å². The average molecular weight is 280 g/mol. The minimum atomic E-state index is -1.10. The molecule has 1 aliphatic heterocycles. The minimum absolute atomic E-state index is 0.000467. The second kappa shape index (κ2) is 6.65. The molecule has 1 heterocycles. The van der Waals surface area contributed by atoms with Crippen LogP contribution in [-0.2, 0) is 4.79 Å². The van der Waals surface area contributed by atoms with Crippen molar-refractivity contribution in [2.75, 3.05) is 13.1 Å². The Morgan fingerprint density at radius 2 is 1.95 bits per heavy atom. The number of carbonyl (C=O) groups excluding carboxylic acids is 1. The third-order valence-corrected chi connectivity index (χ3v) is 3.92. The summed E-state index contributed by atoms with van der Waals surface area (Å²) in [7, 11) is 0. The van der Waals surface area contributed by atoms with Gasteiger partial charge in [-0.05, 0) is 24.2 Å². The number of carboxylic acid groups (broad SMARTS) is 1. The van der Waals surface area contributed by atoms with E-state index in [4.69, 9.17) is 11.5 Å². The van der Waals surface area contributed by atoms with E-state index in [0.717, 1.165) is 12.8 Å². The molecule has 0 aliphatic carbocycles. The molecule has 1 saturated heterocycles. The summed E-state index contributed by atoms with van der Waals surface area (Å²) in [5, 5.41) is 11.5. The Balaban J connectivity index is 2.51. The van der Waals surface area contributed by atoms with Crippen LogP contribution in [-0.4, -0.2) is 41.1 Å². The summed E-state index contributed by atoms with van der Waals surface area (Å²) in [6, 6.07) is -1.34. The van der Waals surface area contributed by atoms with Crippen LogP contribution in [0.5, 0.6) is 0 Å². The molecular weight excluding hydrogens is 256 g/mol. The summed E-state index contributed by atoms with van der Waals surface area (Å²) >= 11 is 0. The van der Waals surface area contributed by atoms with Gasteiger partial charge in [-0.3, -0.25) is 0 Å². The van der Waals surface area contributed by atoms with Gasteiger partial charge >= 0.3 is 12.0 Å². The number of terminal acetylenes is 1. The maximum absolute atomic E-state index is 12.0. The molecule has 1 atom stereocenters. The maximum atomic E-state index is 12.0. The van der Waals surface area contributed by atoms with Crippen LogP contribution in [0.4, 0.5) is 4.79 Å². The molecule has 0 spiro atoms. The van der Waals surface area contributed by atoms with Gasteiger partial charge in [-0.2, -0.15) is 0 Å². The Labute approximate surface area is 120 Å². The van der Waals surface area contributed by atoms with E-state index in [0.29, 0.717) is 19.0 Å². The van der Waals surface area contributed by atoms with Crippen molar-refractivity contribution in [3.8, 4) is 12.3 Å². The third-order valence-electron chi connectivity index (χ3n) is 3.92. The molecule has 1 unspecified atom stereocenters. The number of urea groups is 1. The first-order chi connectivity index (χ1) is 9.25. The van der Waals surface area contributed by atoms with Crippen LogP contribution in [0.2, 0.25) is 0 Å². The van der Waals surface area contributed by atoms with Gasteiger partial charge in [0.25, 0.3) is 0 Å². The van der Waals surface area contributed by atoms with Crippen LogP contribution < -0.4 is 5.32 Å². The molecule has 20 heavy (non-hydrogen) atoms. The van der Waals surface area contributed by atoms with Crippen molar-refractivity contribution in [1.29, 1.82) is 0 Å². The topological polar surface area (TPSA) is 69.6 Å². The number of nitrogens with zero attached hydrogens (tertiary/aromatic N) is 1. The molecule has 0 saturated carbocycles. The number of hydrogen-bond donors (Lipinski definition) is 2. The van der Waals surface area contributed by atoms with Gasteiger partial charge in [0.1, 0.15) is 6.04 Å². The molecular formula is C15H24N2O3. The Morgan fingerprint density at radius 3 is 2.35 bits per heavy atom. The fraction of sp³-hybridized carbons (Fsp3) is 0.733. The number of piperidine rings is 1. The number of likely N-dealkylation sites (tertiary alicyclic amines) is 1. The van der Waals surface area contributed by atoms with Crippen LogP contribution in [0.15, 0.2) is 0 Å². The predicted octanol–water partition coefficient (Wildman–Crippen LogP) is 1.93. The zero-order valence-corrected chi connectivity index (χ0v) is 12.5. The Bertz CT molecular complexity index is 398. The summed E-state index contributed by atoms with van der Waals surface area (Å²) in [4.78, 5) is 24.7. The highest BCUT2D eigenvalue weighted by Crippen LogP contribution is 2.34. The van der Waals surface area contributed by atoms with Gasteiger partial charge in [-0.1, -0.05) is 20.8 Å². The smallest absolute Gasteiger partial charge is 0.327 e. The van der Waals surface area contributed by atoms with Crippen LogP contribution >= 0.6 is 0 Å². The van der Waals surface area contributed by atoms with Gasteiger partial charge in [0.2, 0.25) is 0 Å². The quantitative estimate of drug-likeness (QED) is 0.776. The summed E-state index contributed by atoms with van der Waals surface area (Å²) in [5.41, 5.74) is 0.246. The molecule has 0 aromatic carbocycles. The highest BCUT2D eigenvalue weighted by atomic mass is 16.4. The van der Waals surface area contributed by atoms with Crippen LogP contribution in [0, 0.1) is 23.7 Å². The summed E-state index contributed by atoms with van der Waals surface area (Å²) in [6.45, 7) is 7.95. The number of nitrogens with one attached hydrogen (secondary N) is 1. The first-order valence-electron chi connectivity index (χ1n) is 6.97. The van der Waals surface area contributed by atoms with Gasteiger partial charge < -0.3 is 15.3 Å². The van der Waals surface area contributed by atoms with E-state index in [9.17, 15) is 9.59 Å². The highest BCUT2D eigenvalue weighted by molar-refractivity contribution is 5.82. The second-order valence-electron chi connectivity index (χ2n) is 6.38. The molecule has 5 nitrogen and oxygen atoms in total. The van der Waals surface area contributed by atoms with Crippen LogP contribution in [0.1, 0.15) is 40.0 Å². The molecule has 2 N–H and O–H groups in total. The highest BCUT2D eigenvalue weighted by Gasteiger charge is 2.31. The molecule has 0 aromatic heterocycles. The van der Waals surface area contributed by atoms with Gasteiger partial charge in [0.05, 0.1) is 0 Å². The summed E-state index contributed by atoms with van der Waals surface area (Å²) in [5.74, 6) is 1.76. The number of aliphatic carboxylic acids is 1. The third kappa shape index (κ3) is 4.44. The molecule has 2 amide bonds. The van der Waals surface area contributed by atoms with Gasteiger partial charge in [-0.15, -0.1) is 12.3 Å². The Kier molecular flexibility index (Phi) is 5.43. The standard InChI is InChI=1S/C15H24N2O3/c1-5-6-12(13(18)19)16-14(20)17-9-7-11(8-10-17)15(2,3)4/h1,11-12H,6-10H2,2-4H3,(H,16,20)(H,18,19). The first kappa shape index (κ1) is 16.4. The molecule has 1 aliphatic rings. The van der Waals surface area contributed by atoms with Crippen molar-refractivity contribution in [1.82, 2.24) is 10.2 Å². The summed E-state index contributed by atoms with van der Waals surface area (Å²) in [6.07, 6.45) is 7.01. The fourth-order valence-corrected chi connectivity index (χ4v) is 2.51. The van der Waals surface area contributed by atoms with Gasteiger partial charge in [0.15, 0.2) is 0 Å². The van der Waals surface area contributed by atoms with Gasteiger partial charge in [0, 0.05) is 19.5 Å². The lowest BCUT2D eigenvalue weighted by atomic mass is 9.75. The first-order valence-corrected chi connectivity index (χ1v) is 6.97. The largest absolute Gasteiger partial charge is 0.480 e. The van der Waals surface area contributed by atoms with Crippen LogP contribution in [0.25, 0.3) is 0 Å². The lowest BCUT2D eigenvalue weighted by Gasteiger charge is -2.38. The molecule has 0 bridgehead atoms. The molecule has 112 valence electrons. The van der Waals surface area contributed by atoms with Crippen LogP contribution in [0.3, 0.4) is 0 Å². The zero-order chi connectivity index (χ0) is 15.3. The van der Waals surface area contributed by atoms with E-state index < -0.39 is 12.0 Å². The Hall–Kier alpha value is -1.70. The normalized spacial score (nSPS) is 18.2. The van der Waals surface area contributed by atoms with Crippen molar-refractivity contribution in [3.05, 3.63) is 0 Å². The molecule has 1 rings (SSSR count). The Morgan fingerprint density at radius 1 is 1.40 bits per heavy atom. The lowest BCUT2D eigenvalue weighted by Crippen LogP contribution is -2.50.